The van der Waals surface area contributed by atoms with Crippen LogP contribution in [0.2, 0.25) is 0 Å². The van der Waals surface area contributed by atoms with Crippen LogP contribution in [0, 0.1) is 0 Å². The molecule has 1 amide bonds. The van der Waals surface area contributed by atoms with Gasteiger partial charge in [0.2, 0.25) is 0 Å². The molecule has 0 spiro atoms. The molecule has 1 rings (SSSR count). The fourth-order valence-electron chi connectivity index (χ4n) is 2.69. The van der Waals surface area contributed by atoms with E-state index in [-0.39, 0.29) is 11.7 Å². The summed E-state index contributed by atoms with van der Waals surface area (Å²) in [6, 6.07) is 6.63. The SMILES string of the molecule is O=C(NCCCCCCCCCCCCNCl)c1ccccc1O. The Hall–Kier alpha value is -1.26. The lowest BCUT2D eigenvalue weighted by atomic mass is 10.1. The van der Waals surface area contributed by atoms with Gasteiger partial charge in [-0.25, -0.2) is 4.84 Å². The van der Waals surface area contributed by atoms with Gasteiger partial charge >= 0.3 is 0 Å². The molecule has 5 heteroatoms. The van der Waals surface area contributed by atoms with E-state index in [1.54, 1.807) is 18.2 Å². The average molecular weight is 355 g/mol. The van der Waals surface area contributed by atoms with Crippen LogP contribution in [0.15, 0.2) is 24.3 Å². The quantitative estimate of drug-likeness (QED) is 0.333. The van der Waals surface area contributed by atoms with E-state index >= 15 is 0 Å². The molecule has 1 aromatic rings. The first-order valence-corrected chi connectivity index (χ1v) is 9.53. The average Bonchev–Trinajstić information content (AvgIpc) is 2.59. The van der Waals surface area contributed by atoms with E-state index in [1.165, 1.54) is 51.0 Å². The van der Waals surface area contributed by atoms with E-state index in [1.807, 2.05) is 0 Å². The summed E-state index contributed by atoms with van der Waals surface area (Å²) in [6.45, 7) is 1.57. The molecule has 1 aromatic carbocycles. The van der Waals surface area contributed by atoms with E-state index in [9.17, 15) is 9.90 Å². The Morgan fingerprint density at radius 3 is 1.88 bits per heavy atom. The Bertz CT molecular complexity index is 455. The van der Waals surface area contributed by atoms with Crippen molar-refractivity contribution < 1.29 is 9.90 Å². The van der Waals surface area contributed by atoms with Crippen molar-refractivity contribution in [3.63, 3.8) is 0 Å². The Morgan fingerprint density at radius 2 is 1.33 bits per heavy atom. The number of nitrogens with one attached hydrogen (secondary N) is 2. The molecule has 0 fully saturated rings. The molecule has 0 aliphatic rings. The van der Waals surface area contributed by atoms with Gasteiger partial charge in [0, 0.05) is 13.1 Å². The summed E-state index contributed by atoms with van der Waals surface area (Å²) in [5.74, 6) is -0.161. The van der Waals surface area contributed by atoms with Gasteiger partial charge in [0.1, 0.15) is 5.75 Å². The summed E-state index contributed by atoms with van der Waals surface area (Å²) < 4.78 is 0. The molecule has 0 bridgehead atoms. The van der Waals surface area contributed by atoms with Crippen LogP contribution < -0.4 is 10.2 Å². The third-order valence-corrected chi connectivity index (χ3v) is 4.32. The highest BCUT2D eigenvalue weighted by atomic mass is 35.5. The van der Waals surface area contributed by atoms with E-state index in [4.69, 9.17) is 11.8 Å². The van der Waals surface area contributed by atoms with Gasteiger partial charge in [0.25, 0.3) is 5.91 Å². The van der Waals surface area contributed by atoms with Crippen molar-refractivity contribution in [2.24, 2.45) is 0 Å². The lowest BCUT2D eigenvalue weighted by Crippen LogP contribution is -2.24. The van der Waals surface area contributed by atoms with Crippen LogP contribution >= 0.6 is 11.8 Å². The van der Waals surface area contributed by atoms with Crippen LogP contribution in [-0.2, 0) is 0 Å². The highest BCUT2D eigenvalue weighted by Crippen LogP contribution is 2.15. The van der Waals surface area contributed by atoms with Crippen molar-refractivity contribution >= 4 is 17.7 Å². The normalized spacial score (nSPS) is 10.7. The van der Waals surface area contributed by atoms with E-state index in [0.29, 0.717) is 12.1 Å². The number of carbonyl (C=O) groups excluding carboxylic acids is 1. The zero-order valence-corrected chi connectivity index (χ0v) is 15.3. The van der Waals surface area contributed by atoms with Crippen LogP contribution in [0.4, 0.5) is 0 Å². The summed E-state index contributed by atoms with van der Waals surface area (Å²) >= 11 is 5.41. The summed E-state index contributed by atoms with van der Waals surface area (Å²) in [5, 5.41) is 12.5. The number of halogens is 1. The number of aromatic hydroxyl groups is 1. The van der Waals surface area contributed by atoms with Crippen LogP contribution in [0.3, 0.4) is 0 Å². The maximum atomic E-state index is 11.9. The molecule has 0 heterocycles. The van der Waals surface area contributed by atoms with Crippen molar-refractivity contribution in [3.05, 3.63) is 29.8 Å². The number of phenols is 1. The molecule has 0 atom stereocenters. The van der Waals surface area contributed by atoms with Gasteiger partial charge in [-0.15, -0.1) is 0 Å². The van der Waals surface area contributed by atoms with E-state index in [2.05, 4.69) is 10.2 Å². The Kier molecular flexibility index (Phi) is 12.2. The van der Waals surface area contributed by atoms with Crippen molar-refractivity contribution in [2.45, 2.75) is 64.2 Å². The number of para-hydroxylation sites is 1. The Balaban J connectivity index is 1.89. The fraction of sp³-hybridized carbons (Fsp3) is 0.632. The van der Waals surface area contributed by atoms with Crippen molar-refractivity contribution in [1.82, 2.24) is 10.2 Å². The summed E-state index contributed by atoms with van der Waals surface area (Å²) in [6.07, 6.45) is 12.3. The second-order valence-electron chi connectivity index (χ2n) is 6.19. The topological polar surface area (TPSA) is 61.4 Å². The minimum Gasteiger partial charge on any atom is -0.507 e. The van der Waals surface area contributed by atoms with Gasteiger partial charge in [-0.2, -0.15) is 0 Å². The molecule has 0 aliphatic heterocycles. The second-order valence-corrected chi connectivity index (χ2v) is 6.46. The molecule has 3 N–H and O–H groups in total. The van der Waals surface area contributed by atoms with Gasteiger partial charge in [0.15, 0.2) is 0 Å². The molecule has 136 valence electrons. The number of unbranched alkanes of at least 4 members (excludes halogenated alkanes) is 9. The minimum atomic E-state index is -0.197. The standard InChI is InChI=1S/C19H31ClN2O2/c20-22-16-12-8-6-4-2-1-3-5-7-11-15-21-19(24)17-13-9-10-14-18(17)23/h9-10,13-14,22-23H,1-8,11-12,15-16H2,(H,21,24). The molecule has 4 nitrogen and oxygen atoms in total. The molecule has 0 unspecified atom stereocenters. The molecule has 0 radical (unpaired) electrons. The van der Waals surface area contributed by atoms with Crippen LogP contribution in [0.25, 0.3) is 0 Å². The van der Waals surface area contributed by atoms with Gasteiger partial charge in [-0.1, -0.05) is 63.5 Å². The number of carbonyl (C=O) groups is 1. The summed E-state index contributed by atoms with van der Waals surface area (Å²) in [7, 11) is 0. The highest BCUT2D eigenvalue weighted by Gasteiger charge is 2.08. The smallest absolute Gasteiger partial charge is 0.255 e. The molecule has 0 aromatic heterocycles. The first-order chi connectivity index (χ1) is 11.8. The monoisotopic (exact) mass is 354 g/mol. The van der Waals surface area contributed by atoms with Gasteiger partial charge < -0.3 is 10.4 Å². The molecule has 0 saturated carbocycles. The second kappa shape index (κ2) is 14.1. The lowest BCUT2D eigenvalue weighted by molar-refractivity contribution is 0.0950. The zero-order chi connectivity index (χ0) is 17.5. The van der Waals surface area contributed by atoms with Crippen molar-refractivity contribution in [1.29, 1.82) is 0 Å². The fourth-order valence-corrected chi connectivity index (χ4v) is 2.83. The first-order valence-electron chi connectivity index (χ1n) is 9.15. The third-order valence-electron chi connectivity index (χ3n) is 4.13. The number of benzene rings is 1. The van der Waals surface area contributed by atoms with Crippen molar-refractivity contribution in [3.8, 4) is 5.75 Å². The molecular weight excluding hydrogens is 324 g/mol. The predicted molar refractivity (Wildman–Crippen MR) is 100 cm³/mol. The van der Waals surface area contributed by atoms with Gasteiger partial charge in [-0.3, -0.25) is 4.79 Å². The van der Waals surface area contributed by atoms with Gasteiger partial charge in [0.05, 0.1) is 5.56 Å². The maximum absolute atomic E-state index is 11.9. The van der Waals surface area contributed by atoms with Crippen LogP contribution in [-0.4, -0.2) is 24.1 Å². The van der Waals surface area contributed by atoms with Crippen LogP contribution in [0.1, 0.15) is 74.6 Å². The minimum absolute atomic E-state index is 0.0360. The maximum Gasteiger partial charge on any atom is 0.255 e. The number of hydrogen-bond donors (Lipinski definition) is 3. The zero-order valence-electron chi connectivity index (χ0n) is 14.5. The Labute approximate surface area is 151 Å². The lowest BCUT2D eigenvalue weighted by Gasteiger charge is -2.06. The van der Waals surface area contributed by atoms with Gasteiger partial charge in [-0.05, 0) is 36.8 Å². The number of rotatable bonds is 14. The van der Waals surface area contributed by atoms with E-state index < -0.39 is 0 Å². The highest BCUT2D eigenvalue weighted by molar-refractivity contribution is 6.13. The largest absolute Gasteiger partial charge is 0.507 e. The Morgan fingerprint density at radius 1 is 0.833 bits per heavy atom. The van der Waals surface area contributed by atoms with Crippen molar-refractivity contribution in [2.75, 3.05) is 13.1 Å². The summed E-state index contributed by atoms with van der Waals surface area (Å²) in [4.78, 5) is 14.5. The third kappa shape index (κ3) is 9.78. The van der Waals surface area contributed by atoms with Crippen LogP contribution in [0.5, 0.6) is 5.75 Å². The molecular formula is C19H31ClN2O2. The van der Waals surface area contributed by atoms with E-state index in [0.717, 1.165) is 25.8 Å². The molecule has 24 heavy (non-hydrogen) atoms. The first kappa shape index (κ1) is 20.8. The number of amides is 1. The number of phenolic OH excluding ortho intramolecular Hbond substituents is 1. The summed E-state index contributed by atoms with van der Waals surface area (Å²) in [5.41, 5.74) is 0.347. The molecule has 0 aliphatic carbocycles. The molecule has 0 saturated heterocycles. The number of hydrogen-bond acceptors (Lipinski definition) is 3. The predicted octanol–water partition coefficient (Wildman–Crippen LogP) is 4.77.